The third-order valence-corrected chi connectivity index (χ3v) is 2.01. The maximum Gasteiger partial charge on any atom is 0.239 e. The van der Waals surface area contributed by atoms with E-state index in [0.29, 0.717) is 10.6 Å². The lowest BCUT2D eigenvalue weighted by Crippen LogP contribution is -1.95. The van der Waals surface area contributed by atoms with E-state index in [-0.39, 0.29) is 12.8 Å². The molecule has 0 aliphatic rings. The molecule has 1 rings (SSSR count). The van der Waals surface area contributed by atoms with Crippen molar-refractivity contribution in [3.63, 3.8) is 0 Å². The number of hydrogen-bond donors (Lipinski definition) is 0. The second-order valence-electron chi connectivity index (χ2n) is 2.67. The smallest absolute Gasteiger partial charge is 0.211 e. The molecule has 13 heavy (non-hydrogen) atoms. The van der Waals surface area contributed by atoms with Gasteiger partial charge in [-0.3, -0.25) is 0 Å². The molecule has 0 spiro atoms. The first-order valence-corrected chi connectivity index (χ1v) is 4.19. The lowest BCUT2D eigenvalue weighted by Gasteiger charge is -2.03. The van der Waals surface area contributed by atoms with E-state index >= 15 is 0 Å². The van der Waals surface area contributed by atoms with E-state index in [1.165, 1.54) is 18.2 Å². The van der Waals surface area contributed by atoms with E-state index in [1.54, 1.807) is 0 Å². The molecule has 0 saturated heterocycles. The van der Waals surface area contributed by atoms with Crippen molar-refractivity contribution in [3.8, 4) is 0 Å². The summed E-state index contributed by atoms with van der Waals surface area (Å²) in [5, 5.41) is 0.335. The van der Waals surface area contributed by atoms with Crippen LogP contribution in [0.3, 0.4) is 0 Å². The molecule has 0 bridgehead atoms. The van der Waals surface area contributed by atoms with E-state index in [0.717, 1.165) is 0 Å². The largest absolute Gasteiger partial charge is 0.239 e. The van der Waals surface area contributed by atoms with Crippen LogP contribution in [-0.2, 0) is 6.42 Å². The van der Waals surface area contributed by atoms with Crippen LogP contribution in [0.2, 0.25) is 5.02 Å². The van der Waals surface area contributed by atoms with Gasteiger partial charge in [-0.05, 0) is 30.2 Å². The molecule has 72 valence electrons. The second kappa shape index (κ2) is 4.51. The summed E-state index contributed by atoms with van der Waals surface area (Å²) < 4.78 is 36.3. The second-order valence-corrected chi connectivity index (χ2v) is 3.07. The van der Waals surface area contributed by atoms with E-state index in [9.17, 15) is 13.2 Å². The van der Waals surface area contributed by atoms with E-state index in [1.807, 2.05) is 0 Å². The molecule has 0 atom stereocenters. The van der Waals surface area contributed by atoms with Gasteiger partial charge in [0.2, 0.25) is 6.43 Å². The molecule has 0 amide bonds. The zero-order valence-electron chi connectivity index (χ0n) is 6.74. The summed E-state index contributed by atoms with van der Waals surface area (Å²) in [5.41, 5.74) is 0.432. The first kappa shape index (κ1) is 10.4. The monoisotopic (exact) mass is 208 g/mol. The van der Waals surface area contributed by atoms with Gasteiger partial charge in [0, 0.05) is 11.4 Å². The maximum atomic E-state index is 12.6. The van der Waals surface area contributed by atoms with Crippen LogP contribution in [0.5, 0.6) is 0 Å². The molecule has 0 aromatic heterocycles. The number of aryl methyl sites for hydroxylation is 1. The summed E-state index contributed by atoms with van der Waals surface area (Å²) >= 11 is 5.67. The van der Waals surface area contributed by atoms with Gasteiger partial charge in [0.1, 0.15) is 5.82 Å². The van der Waals surface area contributed by atoms with Gasteiger partial charge in [0.15, 0.2) is 0 Å². The highest BCUT2D eigenvalue weighted by Gasteiger charge is 2.06. The average molecular weight is 209 g/mol. The molecule has 0 aliphatic heterocycles. The molecule has 0 heterocycles. The third kappa shape index (κ3) is 3.27. The van der Waals surface area contributed by atoms with Crippen molar-refractivity contribution < 1.29 is 13.2 Å². The lowest BCUT2D eigenvalue weighted by molar-refractivity contribution is 0.138. The predicted molar refractivity (Wildman–Crippen MR) is 45.7 cm³/mol. The van der Waals surface area contributed by atoms with Gasteiger partial charge >= 0.3 is 0 Å². The van der Waals surface area contributed by atoms with Gasteiger partial charge in [0.25, 0.3) is 0 Å². The van der Waals surface area contributed by atoms with E-state index in [2.05, 4.69) is 0 Å². The molecule has 0 radical (unpaired) electrons. The van der Waals surface area contributed by atoms with Crippen LogP contribution in [0.25, 0.3) is 0 Å². The van der Waals surface area contributed by atoms with Gasteiger partial charge in [-0.25, -0.2) is 13.2 Å². The molecular weight excluding hydrogens is 201 g/mol. The Balaban J connectivity index is 2.70. The topological polar surface area (TPSA) is 0 Å². The fourth-order valence-corrected chi connectivity index (χ4v) is 1.21. The summed E-state index contributed by atoms with van der Waals surface area (Å²) in [5.74, 6) is -0.450. The van der Waals surface area contributed by atoms with Crippen LogP contribution in [-0.4, -0.2) is 6.43 Å². The van der Waals surface area contributed by atoms with Crippen LogP contribution in [0.15, 0.2) is 18.2 Å². The van der Waals surface area contributed by atoms with Gasteiger partial charge in [0.05, 0.1) is 0 Å². The Hall–Kier alpha value is -0.700. The Morgan fingerprint density at radius 3 is 2.62 bits per heavy atom. The van der Waals surface area contributed by atoms with Crippen molar-refractivity contribution in [2.75, 3.05) is 0 Å². The Kier molecular flexibility index (Phi) is 3.60. The van der Waals surface area contributed by atoms with Gasteiger partial charge in [-0.15, -0.1) is 0 Å². The SMILES string of the molecule is Fc1ccc(Cl)c(CCC(F)F)c1. The highest BCUT2D eigenvalue weighted by atomic mass is 35.5. The molecule has 0 fully saturated rings. The molecule has 4 heteroatoms. The minimum Gasteiger partial charge on any atom is -0.211 e. The van der Waals surface area contributed by atoms with Crippen molar-refractivity contribution >= 4 is 11.6 Å². The minimum atomic E-state index is -2.38. The lowest BCUT2D eigenvalue weighted by atomic mass is 10.1. The van der Waals surface area contributed by atoms with Crippen LogP contribution in [0, 0.1) is 5.82 Å². The normalized spacial score (nSPS) is 10.8. The first-order chi connectivity index (χ1) is 6.09. The van der Waals surface area contributed by atoms with Gasteiger partial charge in [-0.1, -0.05) is 11.6 Å². The van der Waals surface area contributed by atoms with Crippen molar-refractivity contribution in [3.05, 3.63) is 34.6 Å². The molecule has 1 aromatic carbocycles. The van der Waals surface area contributed by atoms with E-state index < -0.39 is 12.2 Å². The Morgan fingerprint density at radius 1 is 1.31 bits per heavy atom. The highest BCUT2D eigenvalue weighted by Crippen LogP contribution is 2.19. The molecule has 0 saturated carbocycles. The van der Waals surface area contributed by atoms with Crippen LogP contribution in [0.4, 0.5) is 13.2 Å². The van der Waals surface area contributed by atoms with Crippen molar-refractivity contribution in [1.82, 2.24) is 0 Å². The predicted octanol–water partition coefficient (Wildman–Crippen LogP) is 3.68. The Morgan fingerprint density at radius 2 is 2.00 bits per heavy atom. The zero-order chi connectivity index (χ0) is 9.84. The standard InChI is InChI=1S/C9H8ClF3/c10-8-3-2-7(11)5-6(8)1-4-9(12)13/h2-3,5,9H,1,4H2. The summed E-state index contributed by atoms with van der Waals surface area (Å²) in [6.07, 6.45) is -2.56. The summed E-state index contributed by atoms with van der Waals surface area (Å²) in [6, 6.07) is 3.76. The molecule has 0 unspecified atom stereocenters. The highest BCUT2D eigenvalue weighted by molar-refractivity contribution is 6.31. The summed E-state index contributed by atoms with van der Waals surface area (Å²) in [4.78, 5) is 0. The number of halogens is 4. The van der Waals surface area contributed by atoms with E-state index in [4.69, 9.17) is 11.6 Å². The fourth-order valence-electron chi connectivity index (χ4n) is 1.000. The van der Waals surface area contributed by atoms with Gasteiger partial charge < -0.3 is 0 Å². The molecule has 0 aliphatic carbocycles. The number of alkyl halides is 2. The molecule has 1 aromatic rings. The third-order valence-electron chi connectivity index (χ3n) is 1.64. The molecule has 0 N–H and O–H groups in total. The number of benzene rings is 1. The quantitative estimate of drug-likeness (QED) is 0.711. The zero-order valence-corrected chi connectivity index (χ0v) is 7.49. The number of hydrogen-bond acceptors (Lipinski definition) is 0. The average Bonchev–Trinajstić information content (AvgIpc) is 2.06. The van der Waals surface area contributed by atoms with Crippen LogP contribution in [0.1, 0.15) is 12.0 Å². The van der Waals surface area contributed by atoms with Crippen molar-refractivity contribution in [2.24, 2.45) is 0 Å². The van der Waals surface area contributed by atoms with Crippen LogP contribution >= 0.6 is 11.6 Å². The molecular formula is C9H8ClF3. The van der Waals surface area contributed by atoms with Gasteiger partial charge in [-0.2, -0.15) is 0 Å². The fraction of sp³-hybridized carbons (Fsp3) is 0.333. The Labute approximate surface area is 79.3 Å². The van der Waals surface area contributed by atoms with Crippen LogP contribution < -0.4 is 0 Å². The Bertz CT molecular complexity index is 286. The summed E-state index contributed by atoms with van der Waals surface area (Å²) in [6.45, 7) is 0. The summed E-state index contributed by atoms with van der Waals surface area (Å²) in [7, 11) is 0. The first-order valence-electron chi connectivity index (χ1n) is 3.81. The number of rotatable bonds is 3. The minimum absolute atomic E-state index is 0.105. The van der Waals surface area contributed by atoms with Crippen molar-refractivity contribution in [1.29, 1.82) is 0 Å². The van der Waals surface area contributed by atoms with Crippen molar-refractivity contribution in [2.45, 2.75) is 19.3 Å². The maximum absolute atomic E-state index is 12.6. The molecule has 0 nitrogen and oxygen atoms in total.